The topological polar surface area (TPSA) is 96.1 Å². The van der Waals surface area contributed by atoms with Crippen LogP contribution in [0.3, 0.4) is 0 Å². The molecule has 2 fully saturated rings. The lowest BCUT2D eigenvalue weighted by Gasteiger charge is -2.43. The average Bonchev–Trinajstić information content (AvgIpc) is 3.09. The van der Waals surface area contributed by atoms with E-state index in [1.54, 1.807) is 16.2 Å². The molecule has 1 atom stereocenters. The summed E-state index contributed by atoms with van der Waals surface area (Å²) in [6, 6.07) is 2.03. The van der Waals surface area contributed by atoms with Crippen molar-refractivity contribution in [3.8, 4) is 0 Å². The minimum Gasteiger partial charge on any atom is -0.391 e. The Hall–Kier alpha value is -1.48. The second-order valence-electron chi connectivity index (χ2n) is 7.85. The Morgan fingerprint density at radius 2 is 2.11 bits per heavy atom. The molecule has 148 valence electrons. The number of aliphatic hydroxyl groups is 1. The van der Waals surface area contributed by atoms with E-state index in [0.717, 1.165) is 50.1 Å². The van der Waals surface area contributed by atoms with E-state index in [-0.39, 0.29) is 24.0 Å². The van der Waals surface area contributed by atoms with E-state index in [1.165, 1.54) is 10.4 Å². The first-order valence-corrected chi connectivity index (χ1v) is 10.5. The van der Waals surface area contributed by atoms with Crippen molar-refractivity contribution in [2.24, 2.45) is 5.73 Å². The van der Waals surface area contributed by atoms with Gasteiger partial charge in [0.15, 0.2) is 0 Å². The van der Waals surface area contributed by atoms with Crippen LogP contribution in [0.15, 0.2) is 6.07 Å². The molecule has 4 rings (SSSR count). The molecule has 4 heterocycles. The number of likely N-dealkylation sites (tertiary alicyclic amines) is 2. The Bertz CT molecular complexity index is 727. The number of thiophene rings is 1. The van der Waals surface area contributed by atoms with Crippen LogP contribution >= 0.6 is 11.3 Å². The summed E-state index contributed by atoms with van der Waals surface area (Å²) in [5.41, 5.74) is 6.19. The van der Waals surface area contributed by atoms with Gasteiger partial charge in [-0.05, 0) is 43.7 Å². The maximum Gasteiger partial charge on any atom is 0.264 e. The number of fused-ring (bicyclic) bond motifs is 2. The summed E-state index contributed by atoms with van der Waals surface area (Å²) in [4.78, 5) is 29.9. The minimum atomic E-state index is -0.415. The van der Waals surface area contributed by atoms with Crippen LogP contribution in [0.4, 0.5) is 0 Å². The van der Waals surface area contributed by atoms with Crippen LogP contribution in [0.1, 0.15) is 45.8 Å². The molecule has 0 saturated carbocycles. The summed E-state index contributed by atoms with van der Waals surface area (Å²) in [5.74, 6) is -0.279. The normalized spacial score (nSPS) is 25.4. The van der Waals surface area contributed by atoms with Crippen LogP contribution in [0, 0.1) is 0 Å². The van der Waals surface area contributed by atoms with Gasteiger partial charge in [0.2, 0.25) is 5.91 Å². The summed E-state index contributed by atoms with van der Waals surface area (Å²) in [7, 11) is 0. The largest absolute Gasteiger partial charge is 0.391 e. The monoisotopic (exact) mass is 393 g/mol. The first-order valence-electron chi connectivity index (χ1n) is 9.72. The van der Waals surface area contributed by atoms with Crippen molar-refractivity contribution in [1.82, 2.24) is 9.80 Å². The van der Waals surface area contributed by atoms with Gasteiger partial charge in [0.05, 0.1) is 24.1 Å². The molecule has 2 amide bonds. The Balaban J connectivity index is 1.52. The Morgan fingerprint density at radius 1 is 1.33 bits per heavy atom. The molecule has 3 aliphatic heterocycles. The Kier molecular flexibility index (Phi) is 5.24. The molecule has 8 heteroatoms. The number of carbonyl (C=O) groups excluding carboxylic acids is 2. The summed E-state index contributed by atoms with van der Waals surface area (Å²) in [6.45, 7) is 3.61. The molecule has 3 N–H and O–H groups in total. The Labute approximate surface area is 163 Å². The van der Waals surface area contributed by atoms with Crippen LogP contribution < -0.4 is 5.73 Å². The molecule has 1 spiro atoms. The number of ether oxygens (including phenoxy) is 1. The van der Waals surface area contributed by atoms with Gasteiger partial charge in [-0.15, -0.1) is 11.3 Å². The molecule has 3 aliphatic rings. The van der Waals surface area contributed by atoms with Crippen molar-refractivity contribution < 1.29 is 19.4 Å². The van der Waals surface area contributed by atoms with E-state index in [4.69, 9.17) is 10.5 Å². The molecule has 7 nitrogen and oxygen atoms in total. The first kappa shape index (κ1) is 18.9. The third kappa shape index (κ3) is 3.76. The van der Waals surface area contributed by atoms with Gasteiger partial charge in [0.1, 0.15) is 5.60 Å². The van der Waals surface area contributed by atoms with Crippen molar-refractivity contribution in [1.29, 1.82) is 0 Å². The molecule has 0 radical (unpaired) electrons. The highest BCUT2D eigenvalue weighted by Gasteiger charge is 2.43. The standard InChI is InChI=1S/C19H27N3O4S/c20-16(24)12-21-7-4-19(5-8-21)17-13(3-9-26-19)10-15(27-17)18(25)22-6-1-2-14(23)11-22/h10,14,23H,1-9,11-12H2,(H2,20,24). The molecule has 0 aromatic carbocycles. The molecule has 1 aromatic rings. The molecule has 0 bridgehead atoms. The lowest BCUT2D eigenvalue weighted by Crippen LogP contribution is -2.48. The highest BCUT2D eigenvalue weighted by atomic mass is 32.1. The zero-order chi connectivity index (χ0) is 19.0. The van der Waals surface area contributed by atoms with Crippen molar-refractivity contribution in [3.05, 3.63) is 21.4 Å². The van der Waals surface area contributed by atoms with Crippen molar-refractivity contribution >= 4 is 23.2 Å². The zero-order valence-electron chi connectivity index (χ0n) is 15.5. The van der Waals surface area contributed by atoms with Gasteiger partial charge >= 0.3 is 0 Å². The minimum absolute atomic E-state index is 0.0227. The Morgan fingerprint density at radius 3 is 2.81 bits per heavy atom. The van der Waals surface area contributed by atoms with Gasteiger partial charge in [-0.25, -0.2) is 0 Å². The fraction of sp³-hybridized carbons (Fsp3) is 0.684. The second kappa shape index (κ2) is 7.50. The third-order valence-corrected chi connectivity index (χ3v) is 7.26. The van der Waals surface area contributed by atoms with Crippen molar-refractivity contribution in [2.75, 3.05) is 39.3 Å². The lowest BCUT2D eigenvalue weighted by molar-refractivity contribution is -0.123. The van der Waals surface area contributed by atoms with Gasteiger partial charge in [-0.1, -0.05) is 0 Å². The third-order valence-electron chi connectivity index (χ3n) is 5.91. The van der Waals surface area contributed by atoms with E-state index in [0.29, 0.717) is 19.7 Å². The number of hydrogen-bond acceptors (Lipinski definition) is 6. The van der Waals surface area contributed by atoms with Gasteiger partial charge in [0, 0.05) is 31.1 Å². The summed E-state index contributed by atoms with van der Waals surface area (Å²) >= 11 is 1.55. The van der Waals surface area contributed by atoms with Crippen LogP contribution in [0.2, 0.25) is 0 Å². The smallest absolute Gasteiger partial charge is 0.264 e. The van der Waals surface area contributed by atoms with E-state index >= 15 is 0 Å². The van der Waals surface area contributed by atoms with E-state index in [2.05, 4.69) is 4.90 Å². The van der Waals surface area contributed by atoms with E-state index in [9.17, 15) is 14.7 Å². The molecule has 0 aliphatic carbocycles. The number of carbonyl (C=O) groups is 2. The molecule has 2 saturated heterocycles. The van der Waals surface area contributed by atoms with Crippen LogP contribution in [-0.4, -0.2) is 72.2 Å². The summed E-state index contributed by atoms with van der Waals surface area (Å²) in [5, 5.41) is 9.88. The summed E-state index contributed by atoms with van der Waals surface area (Å²) in [6.07, 6.45) is 3.65. The number of hydrogen-bond donors (Lipinski definition) is 2. The van der Waals surface area contributed by atoms with Gasteiger partial charge in [-0.2, -0.15) is 0 Å². The van der Waals surface area contributed by atoms with Crippen LogP contribution in [0.5, 0.6) is 0 Å². The first-order chi connectivity index (χ1) is 13.0. The number of nitrogens with two attached hydrogens (primary N) is 1. The predicted molar refractivity (Wildman–Crippen MR) is 102 cm³/mol. The van der Waals surface area contributed by atoms with Gasteiger partial charge < -0.3 is 20.5 Å². The molecule has 27 heavy (non-hydrogen) atoms. The predicted octanol–water partition coefficient (Wildman–Crippen LogP) is 0.694. The highest BCUT2D eigenvalue weighted by molar-refractivity contribution is 7.14. The number of β-amino-alcohol motifs (C(OH)–C–C–N with tert-alkyl or cyclic N) is 1. The maximum absolute atomic E-state index is 12.9. The maximum atomic E-state index is 12.9. The van der Waals surface area contributed by atoms with Crippen LogP contribution in [-0.2, 0) is 21.6 Å². The van der Waals surface area contributed by atoms with Crippen molar-refractivity contribution in [3.63, 3.8) is 0 Å². The number of rotatable bonds is 3. The van der Waals surface area contributed by atoms with Crippen LogP contribution in [0.25, 0.3) is 0 Å². The average molecular weight is 394 g/mol. The molecular weight excluding hydrogens is 366 g/mol. The quantitative estimate of drug-likeness (QED) is 0.788. The van der Waals surface area contributed by atoms with Gasteiger partial charge in [-0.3, -0.25) is 14.5 Å². The zero-order valence-corrected chi connectivity index (χ0v) is 16.3. The fourth-order valence-corrected chi connectivity index (χ4v) is 5.87. The number of nitrogens with zero attached hydrogens (tertiary/aromatic N) is 2. The molecule has 1 unspecified atom stereocenters. The fourth-order valence-electron chi connectivity index (χ4n) is 4.49. The van der Waals surface area contributed by atoms with E-state index in [1.807, 2.05) is 6.07 Å². The molecular formula is C19H27N3O4S. The van der Waals surface area contributed by atoms with E-state index < -0.39 is 6.10 Å². The second-order valence-corrected chi connectivity index (χ2v) is 8.90. The lowest BCUT2D eigenvalue weighted by atomic mass is 9.85. The summed E-state index contributed by atoms with van der Waals surface area (Å²) < 4.78 is 6.24. The highest BCUT2D eigenvalue weighted by Crippen LogP contribution is 2.45. The number of aliphatic hydroxyl groups excluding tert-OH is 1. The number of amides is 2. The van der Waals surface area contributed by atoms with Gasteiger partial charge in [0.25, 0.3) is 5.91 Å². The van der Waals surface area contributed by atoms with Crippen molar-refractivity contribution in [2.45, 2.75) is 43.8 Å². The number of piperidine rings is 2. The molecule has 1 aromatic heterocycles. The SMILES string of the molecule is NC(=O)CN1CCC2(CC1)OCCc1cc(C(=O)N3CCCC(O)C3)sc12. The number of primary amides is 1.